The first-order chi connectivity index (χ1) is 21.5. The molecule has 0 aromatic carbocycles. The topological polar surface area (TPSA) is 59.7 Å². The van der Waals surface area contributed by atoms with Crippen LogP contribution in [0.1, 0.15) is 166 Å². The molecule has 0 atom stereocenters. The SMILES string of the molecule is CC(C)(C)[Si](C)([Si]1[Si]([Si](C)(C(C)(C)C)C(C)(C)C)[Si]([Si](C)(C(C)(C)C)C(C)(C)C)[Si]1[Si](C)(C(C)(C)C)C(C)(C)C)C(C)(C)C.[C-]#[O+].[C-]#[O+].[C-]#[O+].[Fe]. The molecule has 1 heterocycles. The standard InChI is InChI=1S/C36H84Si8.3CO.Fe/c1-29(2,3)41(25,30(4,5)6)37-38(42(26,31(7,8)9)32(10,11)12)40(44(28,35(19,20)21)36(22,23)24)39(37)43(27,33(13,14)15)34(16,17)18;3*1-2;/h1-28H3;;;;. The molecule has 1 aliphatic rings. The summed E-state index contributed by atoms with van der Waals surface area (Å²) in [6.07, 6.45) is 0. The summed E-state index contributed by atoms with van der Waals surface area (Å²) in [6.45, 7) is 91.6. The smallest absolute Gasteiger partial charge is 0 e. The van der Waals surface area contributed by atoms with Crippen LogP contribution in [-0.2, 0) is 31.0 Å². The molecule has 298 valence electrons. The van der Waals surface area contributed by atoms with Gasteiger partial charge in [-0.05, 0) is 40.3 Å². The molecule has 0 amide bonds. The fraction of sp³-hybridized carbons (Fsp3) is 0.923. The predicted molar refractivity (Wildman–Crippen MR) is 239 cm³/mol. The van der Waals surface area contributed by atoms with Crippen LogP contribution in [0.3, 0.4) is 0 Å². The minimum Gasteiger partial charge on any atom is 0 e. The van der Waals surface area contributed by atoms with Crippen molar-refractivity contribution in [1.29, 1.82) is 0 Å². The summed E-state index contributed by atoms with van der Waals surface area (Å²) in [5.41, 5.74) is 0. The summed E-state index contributed by atoms with van der Waals surface area (Å²) >= 11 is 0. The summed E-state index contributed by atoms with van der Waals surface area (Å²) in [5, 5.41) is 3.53. The van der Waals surface area contributed by atoms with E-state index < -0.39 is 59.8 Å². The van der Waals surface area contributed by atoms with E-state index in [-0.39, 0.29) is 17.1 Å². The fourth-order valence-corrected chi connectivity index (χ4v) is 353. The van der Waals surface area contributed by atoms with E-state index >= 15 is 0 Å². The largest absolute Gasteiger partial charge is 0 e. The Morgan fingerprint density at radius 3 is 0.353 bits per heavy atom. The van der Waals surface area contributed by atoms with Gasteiger partial charge < -0.3 is 0 Å². The average Bonchev–Trinajstić information content (AvgIpc) is 2.86. The van der Waals surface area contributed by atoms with Gasteiger partial charge in [0.15, 0.2) is 0 Å². The van der Waals surface area contributed by atoms with Crippen LogP contribution in [0.15, 0.2) is 0 Å². The molecule has 3 nitrogen and oxygen atoms in total. The van der Waals surface area contributed by atoms with E-state index in [4.69, 9.17) is 14.0 Å². The van der Waals surface area contributed by atoms with E-state index in [2.05, 4.69) is 212 Å². The summed E-state index contributed by atoms with van der Waals surface area (Å²) in [6, 6.07) is 0. The summed E-state index contributed by atoms with van der Waals surface area (Å²) in [7, 11) is -9.13. The van der Waals surface area contributed by atoms with Crippen molar-refractivity contribution in [1.82, 2.24) is 0 Å². The Hall–Kier alpha value is 1.47. The third kappa shape index (κ3) is 9.78. The zero-order valence-electron chi connectivity index (χ0n) is 39.1. The predicted octanol–water partition coefficient (Wildman–Crippen LogP) is 13.2. The molecule has 0 aliphatic carbocycles. The Bertz CT molecular complexity index is 926. The Morgan fingerprint density at radius 1 is 0.255 bits per heavy atom. The van der Waals surface area contributed by atoms with Gasteiger partial charge in [-0.1, -0.05) is 192 Å². The first-order valence-electron chi connectivity index (χ1n) is 18.6. The Morgan fingerprint density at radius 2 is 0.314 bits per heavy atom. The van der Waals surface area contributed by atoms with Gasteiger partial charge in [0.2, 0.25) is 0 Å². The van der Waals surface area contributed by atoms with Crippen molar-refractivity contribution >= 4 is 59.8 Å². The molecule has 1 fully saturated rings. The van der Waals surface area contributed by atoms with Gasteiger partial charge in [0.05, 0.1) is 0 Å². The van der Waals surface area contributed by atoms with Gasteiger partial charge in [-0.15, -0.1) is 0 Å². The summed E-state index contributed by atoms with van der Waals surface area (Å²) in [5.74, 6) is 0. The molecule has 0 aromatic rings. The second kappa shape index (κ2) is 17.9. The molecular weight excluding hydrogens is 797 g/mol. The van der Waals surface area contributed by atoms with Crippen molar-refractivity contribution in [2.24, 2.45) is 0 Å². The Labute approximate surface area is 341 Å². The van der Waals surface area contributed by atoms with E-state index in [1.165, 1.54) is 0 Å². The quantitative estimate of drug-likeness (QED) is 0.153. The van der Waals surface area contributed by atoms with E-state index in [1.54, 1.807) is 0 Å². The molecule has 4 radical (unpaired) electrons. The van der Waals surface area contributed by atoms with Gasteiger partial charge in [0.1, 0.15) is 0 Å². The normalized spacial score (nSPS) is 17.3. The minimum atomic E-state index is -1.76. The number of rotatable bonds is 4. The van der Waals surface area contributed by atoms with Crippen molar-refractivity contribution in [3.8, 4) is 0 Å². The minimum absolute atomic E-state index is 0. The maximum absolute atomic E-state index is 7.50. The molecule has 0 aromatic heterocycles. The maximum atomic E-state index is 7.50. The molecule has 1 aliphatic heterocycles. The molecule has 0 spiro atoms. The van der Waals surface area contributed by atoms with Gasteiger partial charge in [-0.25, -0.2) is 0 Å². The van der Waals surface area contributed by atoms with Crippen molar-refractivity contribution in [3.05, 3.63) is 20.0 Å². The molecule has 0 saturated carbocycles. The van der Waals surface area contributed by atoms with E-state index in [1.807, 2.05) is 0 Å². The number of hydrogen-bond acceptors (Lipinski definition) is 0. The van der Waals surface area contributed by atoms with Crippen molar-refractivity contribution < 1.29 is 31.0 Å². The molecular formula is C39H84FeO3Si8. The van der Waals surface area contributed by atoms with Gasteiger partial charge in [0, 0.05) is 76.8 Å². The third-order valence-electron chi connectivity index (χ3n) is 15.0. The van der Waals surface area contributed by atoms with Crippen LogP contribution in [-0.4, -0.2) is 59.8 Å². The first-order valence-corrected chi connectivity index (χ1v) is 42.6. The summed E-state index contributed by atoms with van der Waals surface area (Å²) in [4.78, 5) is 0. The monoisotopic (exact) mass is 880 g/mol. The van der Waals surface area contributed by atoms with Gasteiger partial charge in [-0.3, -0.25) is 0 Å². The zero-order chi connectivity index (χ0) is 42.3. The number of hydrogen-bond donors (Lipinski definition) is 0. The maximum Gasteiger partial charge on any atom is 0 e. The Balaban J connectivity index is -0.00000149. The van der Waals surface area contributed by atoms with Gasteiger partial charge in [0.25, 0.3) is 0 Å². The van der Waals surface area contributed by atoms with Gasteiger partial charge in [-0.2, -0.15) is 0 Å². The van der Waals surface area contributed by atoms with Crippen LogP contribution in [0.4, 0.5) is 0 Å². The van der Waals surface area contributed by atoms with Crippen LogP contribution in [0.5, 0.6) is 0 Å². The van der Waals surface area contributed by atoms with Crippen molar-refractivity contribution in [2.45, 2.75) is 233 Å². The second-order valence-electron chi connectivity index (χ2n) is 24.0. The van der Waals surface area contributed by atoms with Crippen LogP contribution in [0.2, 0.25) is 66.5 Å². The van der Waals surface area contributed by atoms with Crippen LogP contribution >= 0.6 is 0 Å². The van der Waals surface area contributed by atoms with Gasteiger partial charge >= 0.3 is 33.9 Å². The molecule has 12 heteroatoms. The van der Waals surface area contributed by atoms with E-state index in [9.17, 15) is 0 Å². The zero-order valence-corrected chi connectivity index (χ0v) is 48.2. The van der Waals surface area contributed by atoms with E-state index in [0.29, 0.717) is 40.3 Å². The third-order valence-corrected chi connectivity index (χ3v) is 189. The molecule has 1 rings (SSSR count). The van der Waals surface area contributed by atoms with Crippen molar-refractivity contribution in [2.75, 3.05) is 0 Å². The molecule has 0 N–H and O–H groups in total. The average molecular weight is 882 g/mol. The van der Waals surface area contributed by atoms with Crippen molar-refractivity contribution in [3.63, 3.8) is 0 Å². The molecule has 51 heavy (non-hydrogen) atoms. The van der Waals surface area contributed by atoms with Crippen LogP contribution < -0.4 is 0 Å². The summed E-state index contributed by atoms with van der Waals surface area (Å²) < 4.78 is 22.5. The molecule has 0 bridgehead atoms. The van der Waals surface area contributed by atoms with E-state index in [0.717, 1.165) is 0 Å². The van der Waals surface area contributed by atoms with Crippen LogP contribution in [0.25, 0.3) is 0 Å². The Kier molecular flexibility index (Phi) is 20.8. The van der Waals surface area contributed by atoms with Crippen LogP contribution in [0, 0.1) is 20.0 Å². The fourth-order valence-electron chi connectivity index (χ4n) is 9.94. The second-order valence-corrected chi connectivity index (χ2v) is 96.0. The molecule has 1 saturated heterocycles. The molecule has 0 unspecified atom stereocenters. The first kappa shape index (κ1) is 59.2.